The van der Waals surface area contributed by atoms with Gasteiger partial charge >= 0.3 is 5.97 Å². The van der Waals surface area contributed by atoms with Crippen molar-refractivity contribution in [2.45, 2.75) is 31.1 Å². The van der Waals surface area contributed by atoms with Gasteiger partial charge in [-0.25, -0.2) is 8.42 Å². The van der Waals surface area contributed by atoms with E-state index in [1.807, 2.05) is 0 Å². The summed E-state index contributed by atoms with van der Waals surface area (Å²) < 4.78 is 37.1. The Labute approximate surface area is 186 Å². The van der Waals surface area contributed by atoms with E-state index in [4.69, 9.17) is 9.15 Å². The number of carbonyl (C=O) groups is 3. The Morgan fingerprint density at radius 1 is 1.12 bits per heavy atom. The summed E-state index contributed by atoms with van der Waals surface area (Å²) in [6, 6.07) is 7.57. The van der Waals surface area contributed by atoms with Gasteiger partial charge in [-0.05, 0) is 49.6 Å². The van der Waals surface area contributed by atoms with Gasteiger partial charge < -0.3 is 19.8 Å². The number of furan rings is 1. The molecule has 2 amide bonds. The van der Waals surface area contributed by atoms with Crippen molar-refractivity contribution in [1.29, 1.82) is 0 Å². The highest BCUT2D eigenvalue weighted by Gasteiger charge is 2.27. The number of nitrogens with zero attached hydrogens (tertiary/aromatic N) is 1. The van der Waals surface area contributed by atoms with E-state index in [0.717, 1.165) is 19.3 Å². The number of aryl methyl sites for hydroxylation is 1. The smallest absolute Gasteiger partial charge is 0.325 e. The first-order valence-electron chi connectivity index (χ1n) is 10.2. The molecule has 2 aromatic rings. The summed E-state index contributed by atoms with van der Waals surface area (Å²) in [6.45, 7) is 1.63. The molecule has 172 valence electrons. The third-order valence-electron chi connectivity index (χ3n) is 4.91. The predicted molar refractivity (Wildman–Crippen MR) is 114 cm³/mol. The van der Waals surface area contributed by atoms with Crippen LogP contribution >= 0.6 is 0 Å². The minimum absolute atomic E-state index is 0.0465. The number of amides is 2. The number of nitrogens with one attached hydrogen (secondary N) is 2. The number of piperidine rings is 1. The van der Waals surface area contributed by atoms with Crippen LogP contribution in [0.1, 0.15) is 35.4 Å². The van der Waals surface area contributed by atoms with Crippen LogP contribution in [-0.2, 0) is 24.3 Å². The van der Waals surface area contributed by atoms with E-state index in [1.54, 1.807) is 19.1 Å². The molecular formula is C21H25N3O7S. The number of esters is 1. The van der Waals surface area contributed by atoms with Crippen molar-refractivity contribution < 1.29 is 32.0 Å². The van der Waals surface area contributed by atoms with Crippen molar-refractivity contribution in [3.8, 4) is 0 Å². The molecule has 1 aromatic heterocycles. The van der Waals surface area contributed by atoms with Gasteiger partial charge in [-0.3, -0.25) is 14.4 Å². The van der Waals surface area contributed by atoms with Gasteiger partial charge in [-0.2, -0.15) is 4.31 Å². The third kappa shape index (κ3) is 5.95. The zero-order valence-corrected chi connectivity index (χ0v) is 18.4. The Bertz CT molecular complexity index is 1070. The summed E-state index contributed by atoms with van der Waals surface area (Å²) in [5.74, 6) is -1.98. The molecule has 0 radical (unpaired) electrons. The Balaban J connectivity index is 1.53. The minimum atomic E-state index is -3.66. The number of rotatable bonds is 8. The van der Waals surface area contributed by atoms with Crippen LogP contribution in [0.4, 0.5) is 5.69 Å². The lowest BCUT2D eigenvalue weighted by molar-refractivity contribution is -0.146. The minimum Gasteiger partial charge on any atom is -0.459 e. The quantitative estimate of drug-likeness (QED) is 0.569. The van der Waals surface area contributed by atoms with E-state index in [0.29, 0.717) is 18.7 Å². The fourth-order valence-electron chi connectivity index (χ4n) is 3.24. The van der Waals surface area contributed by atoms with Crippen molar-refractivity contribution in [1.82, 2.24) is 9.62 Å². The lowest BCUT2D eigenvalue weighted by Crippen LogP contribution is -2.36. The molecule has 32 heavy (non-hydrogen) atoms. The van der Waals surface area contributed by atoms with Crippen molar-refractivity contribution >= 4 is 33.5 Å². The molecule has 0 spiro atoms. The van der Waals surface area contributed by atoms with E-state index >= 15 is 0 Å². The SMILES string of the molecule is Cc1ccc(NC(=O)COC(=O)CNC(=O)c2ccco2)cc1S(=O)(=O)N1CCCCC1. The largest absolute Gasteiger partial charge is 0.459 e. The van der Waals surface area contributed by atoms with Gasteiger partial charge in [-0.1, -0.05) is 12.5 Å². The summed E-state index contributed by atoms with van der Waals surface area (Å²) in [4.78, 5) is 35.7. The molecule has 10 nitrogen and oxygen atoms in total. The van der Waals surface area contributed by atoms with Crippen molar-refractivity contribution in [3.05, 3.63) is 47.9 Å². The average molecular weight is 464 g/mol. The highest BCUT2D eigenvalue weighted by molar-refractivity contribution is 7.89. The second kappa shape index (κ2) is 10.4. The van der Waals surface area contributed by atoms with E-state index < -0.39 is 41.0 Å². The Morgan fingerprint density at radius 3 is 2.56 bits per heavy atom. The molecule has 1 aromatic carbocycles. The molecule has 2 heterocycles. The maximum absolute atomic E-state index is 13.0. The van der Waals surface area contributed by atoms with Crippen LogP contribution in [0, 0.1) is 6.92 Å². The summed E-state index contributed by atoms with van der Waals surface area (Å²) in [7, 11) is -3.66. The molecular weight excluding hydrogens is 438 g/mol. The van der Waals surface area contributed by atoms with Gasteiger partial charge in [0, 0.05) is 18.8 Å². The first-order valence-corrected chi connectivity index (χ1v) is 11.6. The molecule has 2 N–H and O–H groups in total. The van der Waals surface area contributed by atoms with Gasteiger partial charge in [0.1, 0.15) is 6.54 Å². The number of anilines is 1. The summed E-state index contributed by atoms with van der Waals surface area (Å²) >= 11 is 0. The van der Waals surface area contributed by atoms with Crippen molar-refractivity contribution in [3.63, 3.8) is 0 Å². The number of sulfonamides is 1. The summed E-state index contributed by atoms with van der Waals surface area (Å²) in [5.41, 5.74) is 0.852. The molecule has 3 rings (SSSR count). The summed E-state index contributed by atoms with van der Waals surface area (Å²) in [5, 5.41) is 4.84. The molecule has 1 saturated heterocycles. The molecule has 0 saturated carbocycles. The van der Waals surface area contributed by atoms with Gasteiger partial charge in [0.15, 0.2) is 12.4 Å². The lowest BCUT2D eigenvalue weighted by atomic mass is 10.2. The van der Waals surface area contributed by atoms with E-state index in [-0.39, 0.29) is 16.3 Å². The van der Waals surface area contributed by atoms with Crippen LogP contribution in [0.5, 0.6) is 0 Å². The van der Waals surface area contributed by atoms with Gasteiger partial charge in [0.05, 0.1) is 11.2 Å². The second-order valence-corrected chi connectivity index (χ2v) is 9.22. The average Bonchev–Trinajstić information content (AvgIpc) is 3.33. The molecule has 0 atom stereocenters. The van der Waals surface area contributed by atoms with Gasteiger partial charge in [0.2, 0.25) is 10.0 Å². The van der Waals surface area contributed by atoms with E-state index in [2.05, 4.69) is 10.6 Å². The van der Waals surface area contributed by atoms with E-state index in [1.165, 1.54) is 28.8 Å². The molecule has 0 bridgehead atoms. The van der Waals surface area contributed by atoms with Crippen molar-refractivity contribution in [2.75, 3.05) is 31.6 Å². The normalized spacial score (nSPS) is 14.5. The fourth-order valence-corrected chi connectivity index (χ4v) is 5.01. The van der Waals surface area contributed by atoms with Crippen LogP contribution in [0.2, 0.25) is 0 Å². The van der Waals surface area contributed by atoms with Crippen LogP contribution in [0.3, 0.4) is 0 Å². The highest BCUT2D eigenvalue weighted by atomic mass is 32.2. The number of benzene rings is 1. The number of hydrogen-bond donors (Lipinski definition) is 2. The third-order valence-corrected chi connectivity index (χ3v) is 6.95. The Morgan fingerprint density at radius 2 is 1.88 bits per heavy atom. The zero-order chi connectivity index (χ0) is 23.1. The topological polar surface area (TPSA) is 135 Å². The molecule has 1 aliphatic rings. The second-order valence-electron chi connectivity index (χ2n) is 7.31. The number of carbonyl (C=O) groups excluding carboxylic acids is 3. The van der Waals surface area contributed by atoms with E-state index in [9.17, 15) is 22.8 Å². The fraction of sp³-hybridized carbons (Fsp3) is 0.381. The van der Waals surface area contributed by atoms with Crippen LogP contribution in [-0.4, -0.2) is 56.7 Å². The van der Waals surface area contributed by atoms with Crippen LogP contribution in [0.15, 0.2) is 45.9 Å². The maximum Gasteiger partial charge on any atom is 0.325 e. The standard InChI is InChI=1S/C21H25N3O7S/c1-15-7-8-16(12-18(15)32(28,29)24-9-3-2-4-10-24)23-19(25)14-31-20(26)13-22-21(27)17-6-5-11-30-17/h5-8,11-12H,2-4,9-10,13-14H2,1H3,(H,22,27)(H,23,25). The van der Waals surface area contributed by atoms with Crippen LogP contribution in [0.25, 0.3) is 0 Å². The zero-order valence-electron chi connectivity index (χ0n) is 17.6. The molecule has 0 aliphatic carbocycles. The molecule has 11 heteroatoms. The van der Waals surface area contributed by atoms with Gasteiger partial charge in [-0.15, -0.1) is 0 Å². The highest BCUT2D eigenvalue weighted by Crippen LogP contribution is 2.26. The Hall–Kier alpha value is -3.18. The number of ether oxygens (including phenoxy) is 1. The van der Waals surface area contributed by atoms with Gasteiger partial charge in [0.25, 0.3) is 11.8 Å². The first kappa shape index (κ1) is 23.5. The monoisotopic (exact) mass is 463 g/mol. The summed E-state index contributed by atoms with van der Waals surface area (Å²) in [6.07, 6.45) is 3.97. The van der Waals surface area contributed by atoms with Crippen LogP contribution < -0.4 is 10.6 Å². The number of hydrogen-bond acceptors (Lipinski definition) is 7. The first-order chi connectivity index (χ1) is 15.3. The molecule has 1 aliphatic heterocycles. The predicted octanol–water partition coefficient (Wildman–Crippen LogP) is 1.67. The van der Waals surface area contributed by atoms with Crippen molar-refractivity contribution in [2.24, 2.45) is 0 Å². The lowest BCUT2D eigenvalue weighted by Gasteiger charge is -2.26. The maximum atomic E-state index is 13.0. The molecule has 0 unspecified atom stereocenters. The molecule has 1 fully saturated rings. The Kier molecular flexibility index (Phi) is 7.65.